The van der Waals surface area contributed by atoms with Crippen molar-refractivity contribution in [1.82, 2.24) is 20.4 Å². The second kappa shape index (κ2) is 8.85. The lowest BCUT2D eigenvalue weighted by molar-refractivity contribution is -0.126. The number of nitrogens with one attached hydrogen (secondary N) is 2. The van der Waals surface area contributed by atoms with Gasteiger partial charge in [-0.2, -0.15) is 5.10 Å². The molecule has 1 aromatic heterocycles. The normalized spacial score (nSPS) is 20.2. The molecule has 0 unspecified atom stereocenters. The molecule has 0 bridgehead atoms. The summed E-state index contributed by atoms with van der Waals surface area (Å²) in [6.07, 6.45) is 5.66. The maximum atomic E-state index is 12.2. The highest BCUT2D eigenvalue weighted by Crippen LogP contribution is 2.16. The minimum atomic E-state index is 0. The minimum Gasteiger partial charge on any atom is -0.352 e. The molecule has 2 aromatic rings. The fourth-order valence-electron chi connectivity index (χ4n) is 3.06. The van der Waals surface area contributed by atoms with Crippen molar-refractivity contribution in [2.75, 3.05) is 6.54 Å². The van der Waals surface area contributed by atoms with Crippen LogP contribution >= 0.6 is 12.4 Å². The summed E-state index contributed by atoms with van der Waals surface area (Å²) >= 11 is 0. The molecule has 1 saturated heterocycles. The van der Waals surface area contributed by atoms with Crippen LogP contribution < -0.4 is 10.6 Å². The molecule has 2 heterocycles. The summed E-state index contributed by atoms with van der Waals surface area (Å²) in [5, 5.41) is 10.8. The number of nitrogens with zero attached hydrogens (tertiary/aromatic N) is 2. The lowest BCUT2D eigenvalue weighted by atomic mass is 9.92. The van der Waals surface area contributed by atoms with Gasteiger partial charge in [0.05, 0.1) is 12.7 Å². The number of carbonyl (C=O) groups is 1. The molecule has 0 aliphatic carbocycles. The zero-order valence-electron chi connectivity index (χ0n) is 13.9. The lowest BCUT2D eigenvalue weighted by Gasteiger charge is -2.27. The van der Waals surface area contributed by atoms with Crippen LogP contribution in [0.5, 0.6) is 0 Å². The molecule has 1 fully saturated rings. The number of hydrogen-bond donors (Lipinski definition) is 2. The van der Waals surface area contributed by atoms with Crippen LogP contribution in [0.25, 0.3) is 0 Å². The van der Waals surface area contributed by atoms with Gasteiger partial charge in [0.25, 0.3) is 0 Å². The van der Waals surface area contributed by atoms with E-state index in [1.165, 1.54) is 5.56 Å². The van der Waals surface area contributed by atoms with Crippen LogP contribution in [0.15, 0.2) is 42.7 Å². The molecule has 24 heavy (non-hydrogen) atoms. The van der Waals surface area contributed by atoms with Gasteiger partial charge < -0.3 is 10.6 Å². The molecular weight excluding hydrogens is 324 g/mol. The van der Waals surface area contributed by atoms with Crippen LogP contribution in [0, 0.1) is 5.92 Å². The predicted molar refractivity (Wildman–Crippen MR) is 97.1 cm³/mol. The van der Waals surface area contributed by atoms with Gasteiger partial charge >= 0.3 is 0 Å². The molecule has 1 aliphatic rings. The Hall–Kier alpha value is -1.85. The van der Waals surface area contributed by atoms with Crippen molar-refractivity contribution in [2.45, 2.75) is 38.9 Å². The van der Waals surface area contributed by atoms with Gasteiger partial charge in [0.1, 0.15) is 0 Å². The highest BCUT2D eigenvalue weighted by atomic mass is 35.5. The molecule has 1 aromatic carbocycles. The standard InChI is InChI=1S/C18H24N4O.ClH/c1-14-9-17(7-8-19-14)18(23)20-10-16-11-21-22(13-16)12-15-5-3-2-4-6-15;/h2-6,11,13-14,17,19H,7-10,12H2,1H3,(H,20,23);1H/t14-,17-;/m0./s1. The zero-order valence-corrected chi connectivity index (χ0v) is 14.8. The van der Waals surface area contributed by atoms with Gasteiger partial charge in [-0.25, -0.2) is 0 Å². The number of halogens is 1. The van der Waals surface area contributed by atoms with Crippen molar-refractivity contribution in [3.05, 3.63) is 53.9 Å². The highest BCUT2D eigenvalue weighted by Gasteiger charge is 2.24. The van der Waals surface area contributed by atoms with Crippen molar-refractivity contribution in [1.29, 1.82) is 0 Å². The van der Waals surface area contributed by atoms with Crippen molar-refractivity contribution in [3.8, 4) is 0 Å². The van der Waals surface area contributed by atoms with Crippen LogP contribution in [0.4, 0.5) is 0 Å². The van der Waals surface area contributed by atoms with Gasteiger partial charge in [0, 0.05) is 30.3 Å². The second-order valence-electron chi connectivity index (χ2n) is 6.33. The number of piperidine rings is 1. The monoisotopic (exact) mass is 348 g/mol. The maximum absolute atomic E-state index is 12.2. The Kier molecular flexibility index (Phi) is 6.82. The van der Waals surface area contributed by atoms with E-state index in [0.717, 1.165) is 31.5 Å². The number of rotatable bonds is 5. The van der Waals surface area contributed by atoms with Crippen LogP contribution in [0.2, 0.25) is 0 Å². The van der Waals surface area contributed by atoms with E-state index in [4.69, 9.17) is 0 Å². The molecule has 0 spiro atoms. The van der Waals surface area contributed by atoms with Crippen LogP contribution in [0.1, 0.15) is 30.9 Å². The van der Waals surface area contributed by atoms with Gasteiger partial charge in [0.15, 0.2) is 0 Å². The van der Waals surface area contributed by atoms with Crippen LogP contribution in [-0.2, 0) is 17.9 Å². The molecular formula is C18H25ClN4O. The summed E-state index contributed by atoms with van der Waals surface area (Å²) in [6.45, 7) is 4.36. The molecule has 1 aliphatic heterocycles. The van der Waals surface area contributed by atoms with Gasteiger partial charge in [-0.15, -0.1) is 12.4 Å². The van der Waals surface area contributed by atoms with E-state index in [9.17, 15) is 4.79 Å². The first-order valence-electron chi connectivity index (χ1n) is 8.27. The minimum absolute atomic E-state index is 0. The molecule has 0 saturated carbocycles. The highest BCUT2D eigenvalue weighted by molar-refractivity contribution is 5.85. The fourth-order valence-corrected chi connectivity index (χ4v) is 3.06. The Bertz CT molecular complexity index is 643. The van der Waals surface area contributed by atoms with Crippen molar-refractivity contribution in [2.24, 2.45) is 5.92 Å². The van der Waals surface area contributed by atoms with E-state index < -0.39 is 0 Å². The summed E-state index contributed by atoms with van der Waals surface area (Å²) in [5.41, 5.74) is 2.26. The van der Waals surface area contributed by atoms with E-state index in [0.29, 0.717) is 12.6 Å². The Labute approximate surface area is 149 Å². The van der Waals surface area contributed by atoms with Crippen LogP contribution in [-0.4, -0.2) is 28.3 Å². The topological polar surface area (TPSA) is 59.0 Å². The smallest absolute Gasteiger partial charge is 0.223 e. The van der Waals surface area contributed by atoms with Gasteiger partial charge in [-0.3, -0.25) is 9.48 Å². The summed E-state index contributed by atoms with van der Waals surface area (Å²) < 4.78 is 1.91. The first-order valence-corrected chi connectivity index (χ1v) is 8.27. The van der Waals surface area contributed by atoms with E-state index >= 15 is 0 Å². The quantitative estimate of drug-likeness (QED) is 0.872. The summed E-state index contributed by atoms with van der Waals surface area (Å²) in [5.74, 6) is 0.291. The number of aromatic nitrogens is 2. The molecule has 3 rings (SSSR count). The third-order valence-corrected chi connectivity index (χ3v) is 4.34. The average molecular weight is 349 g/mol. The SMILES string of the molecule is C[C@H]1C[C@@H](C(=O)NCc2cnn(Cc3ccccc3)c2)CCN1.Cl. The van der Waals surface area contributed by atoms with Crippen molar-refractivity contribution < 1.29 is 4.79 Å². The largest absolute Gasteiger partial charge is 0.352 e. The average Bonchev–Trinajstić information content (AvgIpc) is 3.01. The molecule has 130 valence electrons. The predicted octanol–water partition coefficient (Wildman–Crippen LogP) is 2.36. The molecule has 6 heteroatoms. The van der Waals surface area contributed by atoms with E-state index in [1.807, 2.05) is 35.3 Å². The number of hydrogen-bond acceptors (Lipinski definition) is 3. The molecule has 0 radical (unpaired) electrons. The second-order valence-corrected chi connectivity index (χ2v) is 6.33. The third-order valence-electron chi connectivity index (χ3n) is 4.34. The molecule has 1 amide bonds. The summed E-state index contributed by atoms with van der Waals surface area (Å²) in [4.78, 5) is 12.2. The number of amides is 1. The molecule has 2 N–H and O–H groups in total. The first-order chi connectivity index (χ1) is 11.2. The third kappa shape index (κ3) is 5.08. The van der Waals surface area contributed by atoms with Crippen molar-refractivity contribution in [3.63, 3.8) is 0 Å². The Morgan fingerprint density at radius 2 is 2.12 bits per heavy atom. The maximum Gasteiger partial charge on any atom is 0.223 e. The Morgan fingerprint density at radius 3 is 2.88 bits per heavy atom. The van der Waals surface area contributed by atoms with Gasteiger partial charge in [0.2, 0.25) is 5.91 Å². The lowest BCUT2D eigenvalue weighted by Crippen LogP contribution is -2.42. The van der Waals surface area contributed by atoms with Crippen molar-refractivity contribution >= 4 is 18.3 Å². The fraction of sp³-hybridized carbons (Fsp3) is 0.444. The summed E-state index contributed by atoms with van der Waals surface area (Å²) in [6, 6.07) is 10.7. The van der Waals surface area contributed by atoms with E-state index in [2.05, 4.69) is 34.8 Å². The van der Waals surface area contributed by atoms with Gasteiger partial charge in [-0.1, -0.05) is 30.3 Å². The van der Waals surface area contributed by atoms with E-state index in [-0.39, 0.29) is 24.2 Å². The first kappa shape index (κ1) is 18.5. The number of benzene rings is 1. The Morgan fingerprint density at radius 1 is 1.33 bits per heavy atom. The molecule has 5 nitrogen and oxygen atoms in total. The van der Waals surface area contributed by atoms with Crippen LogP contribution in [0.3, 0.4) is 0 Å². The number of carbonyl (C=O) groups excluding carboxylic acids is 1. The molecule has 2 atom stereocenters. The summed E-state index contributed by atoms with van der Waals surface area (Å²) in [7, 11) is 0. The Balaban J connectivity index is 0.00000208. The van der Waals surface area contributed by atoms with Gasteiger partial charge in [-0.05, 0) is 31.9 Å². The zero-order chi connectivity index (χ0) is 16.1. The van der Waals surface area contributed by atoms with E-state index in [1.54, 1.807) is 0 Å².